The Bertz CT molecular complexity index is 603. The second-order valence-electron chi connectivity index (χ2n) is 4.91. The molecule has 1 unspecified atom stereocenters. The van der Waals surface area contributed by atoms with Crippen molar-refractivity contribution in [1.82, 2.24) is 19.9 Å². The van der Waals surface area contributed by atoms with Gasteiger partial charge in [-0.3, -0.25) is 4.40 Å². The number of nitrogens with zero attached hydrogens (tertiary/aromatic N) is 4. The van der Waals surface area contributed by atoms with Crippen molar-refractivity contribution in [1.29, 1.82) is 5.26 Å². The summed E-state index contributed by atoms with van der Waals surface area (Å²) in [6.07, 6.45) is 4.92. The first-order valence-electron chi connectivity index (χ1n) is 6.71. The summed E-state index contributed by atoms with van der Waals surface area (Å²) in [6.45, 7) is 1.94. The van der Waals surface area contributed by atoms with Crippen molar-refractivity contribution in [2.75, 3.05) is 12.8 Å². The largest absolute Gasteiger partial charge is 0.303 e. The summed E-state index contributed by atoms with van der Waals surface area (Å²) in [7, 11) is 1.83. The third-order valence-electron chi connectivity index (χ3n) is 3.38. The van der Waals surface area contributed by atoms with Crippen LogP contribution in [0.15, 0.2) is 29.6 Å². The Morgan fingerprint density at radius 3 is 3.00 bits per heavy atom. The van der Waals surface area contributed by atoms with Crippen LogP contribution in [0.4, 0.5) is 0 Å². The van der Waals surface area contributed by atoms with Gasteiger partial charge in [0.1, 0.15) is 5.54 Å². The Morgan fingerprint density at radius 2 is 2.25 bits per heavy atom. The van der Waals surface area contributed by atoms with E-state index >= 15 is 0 Å². The number of aromatic nitrogens is 3. The van der Waals surface area contributed by atoms with Crippen LogP contribution in [-0.2, 0) is 0 Å². The lowest BCUT2D eigenvalue weighted by Crippen LogP contribution is -2.37. The van der Waals surface area contributed by atoms with Gasteiger partial charge in [-0.25, -0.2) is 0 Å². The predicted octanol–water partition coefficient (Wildman–Crippen LogP) is 2.49. The van der Waals surface area contributed by atoms with Gasteiger partial charge in [-0.15, -0.1) is 10.2 Å². The summed E-state index contributed by atoms with van der Waals surface area (Å²) in [5, 5.41) is 21.4. The van der Waals surface area contributed by atoms with Gasteiger partial charge in [0.05, 0.1) is 6.07 Å². The predicted molar refractivity (Wildman–Crippen MR) is 80.6 cm³/mol. The van der Waals surface area contributed by atoms with Crippen molar-refractivity contribution in [2.45, 2.75) is 36.9 Å². The zero-order valence-corrected chi connectivity index (χ0v) is 12.7. The minimum absolute atomic E-state index is 0.410. The molecule has 0 aliphatic rings. The van der Waals surface area contributed by atoms with Crippen molar-refractivity contribution in [3.05, 3.63) is 24.4 Å². The first kappa shape index (κ1) is 14.8. The van der Waals surface area contributed by atoms with E-state index in [1.165, 1.54) is 0 Å². The Hall–Kier alpha value is -1.58. The fourth-order valence-electron chi connectivity index (χ4n) is 1.90. The standard InChI is InChI=1S/C14H19N5S/c1-14(11-15,16-2)8-4-6-10-20-13-18-17-12-7-3-5-9-19(12)13/h3,5,7,9,16H,4,6,8,10H2,1-2H3. The summed E-state index contributed by atoms with van der Waals surface area (Å²) in [5.74, 6) is 0.987. The number of nitriles is 1. The first-order chi connectivity index (χ1) is 9.68. The molecular weight excluding hydrogens is 270 g/mol. The molecule has 0 spiro atoms. The highest BCUT2D eigenvalue weighted by Gasteiger charge is 2.19. The van der Waals surface area contributed by atoms with Gasteiger partial charge in [-0.2, -0.15) is 5.26 Å². The number of pyridine rings is 1. The van der Waals surface area contributed by atoms with Crippen LogP contribution in [0.2, 0.25) is 0 Å². The third kappa shape index (κ3) is 3.50. The molecule has 0 saturated heterocycles. The maximum atomic E-state index is 9.07. The average molecular weight is 289 g/mol. The molecule has 2 rings (SSSR count). The number of rotatable bonds is 7. The van der Waals surface area contributed by atoms with E-state index in [1.54, 1.807) is 11.8 Å². The summed E-state index contributed by atoms with van der Waals surface area (Å²) >= 11 is 1.71. The lowest BCUT2D eigenvalue weighted by Gasteiger charge is -2.20. The molecular formula is C14H19N5S. The Labute approximate surface area is 123 Å². The highest BCUT2D eigenvalue weighted by Crippen LogP contribution is 2.20. The molecule has 2 heterocycles. The molecule has 106 valence electrons. The topological polar surface area (TPSA) is 66.0 Å². The molecule has 0 aliphatic carbocycles. The van der Waals surface area contributed by atoms with Gasteiger partial charge in [0.2, 0.25) is 0 Å². The van der Waals surface area contributed by atoms with E-state index in [4.69, 9.17) is 5.26 Å². The van der Waals surface area contributed by atoms with Gasteiger partial charge in [0.25, 0.3) is 0 Å². The molecule has 0 bridgehead atoms. The molecule has 2 aromatic heterocycles. The highest BCUT2D eigenvalue weighted by molar-refractivity contribution is 7.99. The van der Waals surface area contributed by atoms with Gasteiger partial charge in [0.15, 0.2) is 10.8 Å². The Balaban J connectivity index is 1.78. The number of nitrogens with one attached hydrogen (secondary N) is 1. The van der Waals surface area contributed by atoms with Crippen molar-refractivity contribution < 1.29 is 0 Å². The van der Waals surface area contributed by atoms with Gasteiger partial charge in [-0.05, 0) is 45.4 Å². The number of thioether (sulfide) groups is 1. The lowest BCUT2D eigenvalue weighted by molar-refractivity contribution is 0.439. The van der Waals surface area contributed by atoms with Crippen LogP contribution in [0.3, 0.4) is 0 Å². The average Bonchev–Trinajstić information content (AvgIpc) is 2.90. The second-order valence-corrected chi connectivity index (χ2v) is 5.97. The van der Waals surface area contributed by atoms with E-state index in [1.807, 2.05) is 42.8 Å². The number of hydrogen-bond donors (Lipinski definition) is 1. The zero-order valence-electron chi connectivity index (χ0n) is 11.8. The Kier molecular flexibility index (Phi) is 4.99. The van der Waals surface area contributed by atoms with E-state index in [0.29, 0.717) is 0 Å². The molecule has 0 radical (unpaired) electrons. The van der Waals surface area contributed by atoms with Crippen LogP contribution in [0, 0.1) is 11.3 Å². The fourth-order valence-corrected chi connectivity index (χ4v) is 2.82. The third-order valence-corrected chi connectivity index (χ3v) is 4.41. The van der Waals surface area contributed by atoms with Crippen molar-refractivity contribution >= 4 is 17.4 Å². The molecule has 20 heavy (non-hydrogen) atoms. The molecule has 1 atom stereocenters. The minimum Gasteiger partial charge on any atom is -0.303 e. The van der Waals surface area contributed by atoms with Crippen LogP contribution < -0.4 is 5.32 Å². The van der Waals surface area contributed by atoms with E-state index in [2.05, 4.69) is 21.6 Å². The monoisotopic (exact) mass is 289 g/mol. The normalized spacial score (nSPS) is 14.1. The quantitative estimate of drug-likeness (QED) is 0.626. The molecule has 0 fully saturated rings. The van der Waals surface area contributed by atoms with Crippen LogP contribution >= 0.6 is 11.8 Å². The van der Waals surface area contributed by atoms with Gasteiger partial charge in [-0.1, -0.05) is 17.8 Å². The van der Waals surface area contributed by atoms with E-state index in [-0.39, 0.29) is 0 Å². The maximum Gasteiger partial charge on any atom is 0.195 e. The smallest absolute Gasteiger partial charge is 0.195 e. The van der Waals surface area contributed by atoms with Crippen molar-refractivity contribution in [3.8, 4) is 6.07 Å². The van der Waals surface area contributed by atoms with Crippen LogP contribution in [0.25, 0.3) is 5.65 Å². The van der Waals surface area contributed by atoms with Gasteiger partial charge < -0.3 is 5.32 Å². The molecule has 5 nitrogen and oxygen atoms in total. The van der Waals surface area contributed by atoms with Crippen LogP contribution in [-0.4, -0.2) is 32.9 Å². The molecule has 1 N–H and O–H groups in total. The summed E-state index contributed by atoms with van der Waals surface area (Å²) in [6, 6.07) is 8.19. The molecule has 0 aromatic carbocycles. The minimum atomic E-state index is -0.410. The van der Waals surface area contributed by atoms with Gasteiger partial charge >= 0.3 is 0 Å². The number of fused-ring (bicyclic) bond motifs is 1. The molecule has 0 amide bonds. The maximum absolute atomic E-state index is 9.07. The van der Waals surface area contributed by atoms with Crippen molar-refractivity contribution in [3.63, 3.8) is 0 Å². The van der Waals surface area contributed by atoms with Crippen molar-refractivity contribution in [2.24, 2.45) is 0 Å². The first-order valence-corrected chi connectivity index (χ1v) is 7.70. The second kappa shape index (κ2) is 6.73. The SMILES string of the molecule is CNC(C)(C#N)CCCCSc1nnc2ccccn12. The van der Waals surface area contributed by atoms with Crippen LogP contribution in [0.5, 0.6) is 0 Å². The zero-order chi connectivity index (χ0) is 14.4. The van der Waals surface area contributed by atoms with E-state index in [0.717, 1.165) is 35.8 Å². The Morgan fingerprint density at radius 1 is 1.40 bits per heavy atom. The van der Waals surface area contributed by atoms with Gasteiger partial charge in [0, 0.05) is 11.9 Å². The summed E-state index contributed by atoms with van der Waals surface area (Å²) < 4.78 is 2.00. The van der Waals surface area contributed by atoms with Crippen LogP contribution in [0.1, 0.15) is 26.2 Å². The van der Waals surface area contributed by atoms with E-state index < -0.39 is 5.54 Å². The lowest BCUT2D eigenvalue weighted by atomic mass is 9.97. The highest BCUT2D eigenvalue weighted by atomic mass is 32.2. The molecule has 0 saturated carbocycles. The summed E-state index contributed by atoms with van der Waals surface area (Å²) in [4.78, 5) is 0. The fraction of sp³-hybridized carbons (Fsp3) is 0.500. The summed E-state index contributed by atoms with van der Waals surface area (Å²) in [5.41, 5.74) is 0.467. The van der Waals surface area contributed by atoms with E-state index in [9.17, 15) is 0 Å². The molecule has 0 aliphatic heterocycles. The molecule has 6 heteroatoms. The number of unbranched alkanes of at least 4 members (excludes halogenated alkanes) is 1. The molecule has 2 aromatic rings. The number of hydrogen-bond acceptors (Lipinski definition) is 5.